The first-order chi connectivity index (χ1) is 7.14. The number of benzene rings is 1. The van der Waals surface area contributed by atoms with Crippen LogP contribution in [-0.4, -0.2) is 19.5 Å². The van der Waals surface area contributed by atoms with Crippen molar-refractivity contribution in [2.75, 3.05) is 19.5 Å². The summed E-state index contributed by atoms with van der Waals surface area (Å²) in [6.07, 6.45) is 5.18. The molecule has 0 radical (unpaired) electrons. The van der Waals surface area contributed by atoms with Crippen LogP contribution >= 0.6 is 7.49 Å². The van der Waals surface area contributed by atoms with E-state index in [1.807, 2.05) is 18.2 Å². The van der Waals surface area contributed by atoms with Crippen LogP contribution in [0.4, 0.5) is 0 Å². The third kappa shape index (κ3) is 5.18. The predicted octanol–water partition coefficient (Wildman–Crippen LogP) is 4.18. The van der Waals surface area contributed by atoms with Crippen molar-refractivity contribution in [3.05, 3.63) is 30.3 Å². The van der Waals surface area contributed by atoms with Gasteiger partial charge in [0.25, 0.3) is 0 Å². The van der Waals surface area contributed by atoms with Gasteiger partial charge in [-0.15, -0.1) is 0 Å². The van der Waals surface area contributed by atoms with Gasteiger partial charge in [-0.3, -0.25) is 0 Å². The molecule has 0 unspecified atom stereocenters. The van der Waals surface area contributed by atoms with Gasteiger partial charge in [-0.05, 0) is 0 Å². The van der Waals surface area contributed by atoms with E-state index in [1.165, 1.54) is 25.4 Å². The molecule has 1 rings (SSSR count). The molecule has 0 atom stereocenters. The van der Waals surface area contributed by atoms with E-state index in [1.54, 1.807) is 0 Å². The summed E-state index contributed by atoms with van der Waals surface area (Å²) >= 11 is 0. The zero-order chi connectivity index (χ0) is 11.1. The summed E-state index contributed by atoms with van der Waals surface area (Å²) in [6, 6.07) is 10.2. The number of unbranched alkanes of at least 4 members (excludes halogenated alkanes) is 2. The van der Waals surface area contributed by atoms with Gasteiger partial charge >= 0.3 is 93.8 Å². The van der Waals surface area contributed by atoms with Crippen molar-refractivity contribution in [2.24, 2.45) is 0 Å². The normalized spacial score (nSPS) is 12.5. The molecule has 0 saturated carbocycles. The summed E-state index contributed by atoms with van der Waals surface area (Å²) in [6.45, 7) is 6.85. The fourth-order valence-corrected chi connectivity index (χ4v) is 3.64. The molecule has 1 nitrogen and oxygen atoms in total. The summed E-state index contributed by atoms with van der Waals surface area (Å²) in [7, 11) is -1.48. The first-order valence-electron chi connectivity index (χ1n) is 5.88. The minimum absolute atomic E-state index is 1.03. The first kappa shape index (κ1) is 12.5. The van der Waals surface area contributed by atoms with E-state index in [9.17, 15) is 0 Å². The van der Waals surface area contributed by atoms with Crippen molar-refractivity contribution in [3.63, 3.8) is 0 Å². The van der Waals surface area contributed by atoms with E-state index in [2.05, 4.69) is 32.4 Å². The summed E-state index contributed by atoms with van der Waals surface area (Å²) in [4.78, 5) is 0. The zero-order valence-corrected chi connectivity index (χ0v) is 11.1. The van der Waals surface area contributed by atoms with E-state index >= 15 is 0 Å². The second-order valence-electron chi connectivity index (χ2n) is 4.63. The van der Waals surface area contributed by atoms with Gasteiger partial charge in [0.05, 0.1) is 0 Å². The molecule has 1 aromatic carbocycles. The van der Waals surface area contributed by atoms with E-state index in [0.717, 1.165) is 5.75 Å². The molecule has 0 aliphatic carbocycles. The second kappa shape index (κ2) is 6.12. The van der Waals surface area contributed by atoms with Crippen LogP contribution in [0.2, 0.25) is 0 Å². The summed E-state index contributed by atoms with van der Waals surface area (Å²) in [5.41, 5.74) is 0. The van der Waals surface area contributed by atoms with Crippen LogP contribution in [0.15, 0.2) is 30.3 Å². The Bertz CT molecular complexity index is 269. The Kier molecular flexibility index (Phi) is 5.11. The van der Waals surface area contributed by atoms with Crippen molar-refractivity contribution >= 4 is 7.49 Å². The van der Waals surface area contributed by atoms with Gasteiger partial charge in [0.2, 0.25) is 0 Å². The molecular weight excluding hydrogens is 203 g/mol. The van der Waals surface area contributed by atoms with E-state index in [4.69, 9.17) is 4.52 Å². The fourth-order valence-electron chi connectivity index (χ4n) is 1.66. The SMILES string of the molecule is CCCCC[PH](C)(C)Oc1ccccc1. The third-order valence-corrected chi connectivity index (χ3v) is 4.87. The van der Waals surface area contributed by atoms with Gasteiger partial charge in [-0.25, -0.2) is 0 Å². The first-order valence-corrected chi connectivity index (χ1v) is 8.99. The molecule has 0 spiro atoms. The maximum absolute atomic E-state index is 6.09. The molecule has 0 aromatic heterocycles. The maximum atomic E-state index is 6.09. The van der Waals surface area contributed by atoms with Crippen LogP contribution in [0.3, 0.4) is 0 Å². The molecule has 0 amide bonds. The molecule has 0 bridgehead atoms. The van der Waals surface area contributed by atoms with E-state index in [0.29, 0.717) is 0 Å². The Hall–Kier alpha value is -0.550. The number of para-hydroxylation sites is 1. The van der Waals surface area contributed by atoms with E-state index < -0.39 is 7.49 Å². The van der Waals surface area contributed by atoms with Crippen molar-refractivity contribution in [1.82, 2.24) is 0 Å². The van der Waals surface area contributed by atoms with E-state index in [-0.39, 0.29) is 0 Å². The van der Waals surface area contributed by atoms with Gasteiger partial charge in [-0.1, -0.05) is 0 Å². The monoisotopic (exact) mass is 226 g/mol. The standard InChI is InChI=1S/C13H23OP/c1-4-5-9-12-15(2,3)14-13-10-7-6-8-11-13/h6-8,10-11,15H,4-5,9,12H2,1-3H3. The number of rotatable bonds is 6. The van der Waals surface area contributed by atoms with Crippen LogP contribution in [0.1, 0.15) is 26.2 Å². The van der Waals surface area contributed by atoms with Crippen molar-refractivity contribution in [1.29, 1.82) is 0 Å². The molecular formula is C13H23OP. The zero-order valence-electron chi connectivity index (χ0n) is 10.1. The van der Waals surface area contributed by atoms with Crippen LogP contribution in [0.5, 0.6) is 5.75 Å². The van der Waals surface area contributed by atoms with Crippen molar-refractivity contribution in [2.45, 2.75) is 26.2 Å². The Morgan fingerprint density at radius 1 is 1.07 bits per heavy atom. The quantitative estimate of drug-likeness (QED) is 0.522. The van der Waals surface area contributed by atoms with Gasteiger partial charge in [0.15, 0.2) is 0 Å². The van der Waals surface area contributed by atoms with Crippen LogP contribution in [0, 0.1) is 0 Å². The Morgan fingerprint density at radius 3 is 2.33 bits per heavy atom. The molecule has 0 fully saturated rings. The molecule has 15 heavy (non-hydrogen) atoms. The van der Waals surface area contributed by atoms with Crippen molar-refractivity contribution in [3.8, 4) is 5.75 Å². The molecule has 0 aliphatic heterocycles. The Labute approximate surface area is 94.3 Å². The topological polar surface area (TPSA) is 9.23 Å². The van der Waals surface area contributed by atoms with Crippen LogP contribution in [0.25, 0.3) is 0 Å². The Morgan fingerprint density at radius 2 is 1.73 bits per heavy atom. The minimum atomic E-state index is -1.48. The molecule has 0 saturated heterocycles. The molecule has 0 aliphatic rings. The molecule has 0 N–H and O–H groups in total. The molecule has 0 heterocycles. The number of hydrogen-bond donors (Lipinski definition) is 0. The van der Waals surface area contributed by atoms with Gasteiger partial charge in [0, 0.05) is 0 Å². The fraction of sp³-hybridized carbons (Fsp3) is 0.538. The molecule has 86 valence electrons. The predicted molar refractivity (Wildman–Crippen MR) is 71.6 cm³/mol. The summed E-state index contributed by atoms with van der Waals surface area (Å²) in [5.74, 6) is 1.03. The molecule has 1 aromatic rings. The third-order valence-electron chi connectivity index (χ3n) is 2.52. The van der Waals surface area contributed by atoms with Gasteiger partial charge < -0.3 is 0 Å². The summed E-state index contributed by atoms with van der Waals surface area (Å²) < 4.78 is 6.09. The average molecular weight is 226 g/mol. The van der Waals surface area contributed by atoms with Crippen LogP contribution in [-0.2, 0) is 0 Å². The number of hydrogen-bond acceptors (Lipinski definition) is 1. The Balaban J connectivity index is 2.42. The van der Waals surface area contributed by atoms with Crippen LogP contribution < -0.4 is 4.52 Å². The van der Waals surface area contributed by atoms with Gasteiger partial charge in [0.1, 0.15) is 0 Å². The second-order valence-corrected chi connectivity index (χ2v) is 8.86. The molecule has 2 heteroatoms. The van der Waals surface area contributed by atoms with Gasteiger partial charge in [-0.2, -0.15) is 0 Å². The average Bonchev–Trinajstić information content (AvgIpc) is 2.18. The summed E-state index contributed by atoms with van der Waals surface area (Å²) in [5, 5.41) is 0. The van der Waals surface area contributed by atoms with Crippen molar-refractivity contribution < 1.29 is 4.52 Å².